The summed E-state index contributed by atoms with van der Waals surface area (Å²) >= 11 is 1.40. The molecule has 1 N–H and O–H groups in total. The van der Waals surface area contributed by atoms with E-state index in [0.717, 1.165) is 30.3 Å². The van der Waals surface area contributed by atoms with Crippen LogP contribution in [-0.4, -0.2) is 34.9 Å². The van der Waals surface area contributed by atoms with Crippen LogP contribution in [-0.2, 0) is 15.9 Å². The molecule has 2 rings (SSSR count). The predicted molar refractivity (Wildman–Crippen MR) is 62.7 cm³/mol. The minimum atomic E-state index is -0.425. The van der Waals surface area contributed by atoms with Gasteiger partial charge in [0.15, 0.2) is 5.79 Å². The summed E-state index contributed by atoms with van der Waals surface area (Å²) < 4.78 is 15.2. The van der Waals surface area contributed by atoms with Crippen molar-refractivity contribution in [3.05, 3.63) is 5.82 Å². The molecule has 1 saturated heterocycles. The molecule has 0 aliphatic carbocycles. The summed E-state index contributed by atoms with van der Waals surface area (Å²) in [5.74, 6) is 0.470. The largest absolute Gasteiger partial charge is 0.360 e. The third-order valence-corrected chi connectivity index (χ3v) is 3.25. The number of nitrogens with one attached hydrogen (secondary N) is 1. The Bertz CT molecular complexity index is 337. The molecule has 1 fully saturated rings. The number of anilines is 1. The van der Waals surface area contributed by atoms with Gasteiger partial charge in [0.1, 0.15) is 5.82 Å². The molecule has 16 heavy (non-hydrogen) atoms. The smallest absolute Gasteiger partial charge is 0.202 e. The molecule has 0 saturated carbocycles. The average Bonchev–Trinajstić information content (AvgIpc) is 2.88. The Balaban J connectivity index is 1.75. The maximum Gasteiger partial charge on any atom is 0.202 e. The maximum absolute atomic E-state index is 5.51. The SMILES string of the molecule is CCc1nsc(NCCC2(C)OCCO2)n1. The fourth-order valence-electron chi connectivity index (χ4n) is 1.57. The fourth-order valence-corrected chi connectivity index (χ4v) is 2.24. The van der Waals surface area contributed by atoms with E-state index in [1.54, 1.807) is 0 Å². The number of hydrogen-bond donors (Lipinski definition) is 1. The van der Waals surface area contributed by atoms with Crippen molar-refractivity contribution >= 4 is 16.7 Å². The van der Waals surface area contributed by atoms with Gasteiger partial charge >= 0.3 is 0 Å². The molecule has 0 spiro atoms. The number of hydrogen-bond acceptors (Lipinski definition) is 6. The zero-order valence-corrected chi connectivity index (χ0v) is 10.5. The minimum absolute atomic E-state index is 0.425. The van der Waals surface area contributed by atoms with Crippen molar-refractivity contribution in [2.75, 3.05) is 25.1 Å². The second-order valence-corrected chi connectivity index (χ2v) is 4.63. The van der Waals surface area contributed by atoms with Crippen LogP contribution in [0.4, 0.5) is 5.13 Å². The Labute approximate surface area is 99.3 Å². The van der Waals surface area contributed by atoms with Crippen molar-refractivity contribution in [1.29, 1.82) is 0 Å². The summed E-state index contributed by atoms with van der Waals surface area (Å²) in [4.78, 5) is 4.33. The van der Waals surface area contributed by atoms with Crippen LogP contribution in [0.5, 0.6) is 0 Å². The summed E-state index contributed by atoms with van der Waals surface area (Å²) in [6.45, 7) is 6.19. The third kappa shape index (κ3) is 2.90. The highest BCUT2D eigenvalue weighted by atomic mass is 32.1. The second-order valence-electron chi connectivity index (χ2n) is 3.88. The van der Waals surface area contributed by atoms with Gasteiger partial charge in [0.25, 0.3) is 0 Å². The molecular weight excluding hydrogens is 226 g/mol. The summed E-state index contributed by atoms with van der Waals surface area (Å²) in [7, 11) is 0. The molecule has 0 bridgehead atoms. The zero-order valence-electron chi connectivity index (χ0n) is 9.65. The Morgan fingerprint density at radius 1 is 1.44 bits per heavy atom. The van der Waals surface area contributed by atoms with Crippen molar-refractivity contribution in [3.8, 4) is 0 Å². The first-order chi connectivity index (χ1) is 7.72. The highest BCUT2D eigenvalue weighted by Gasteiger charge is 2.30. The summed E-state index contributed by atoms with van der Waals surface area (Å²) in [5.41, 5.74) is 0. The van der Waals surface area contributed by atoms with E-state index in [-0.39, 0.29) is 0 Å². The Kier molecular flexibility index (Phi) is 3.73. The van der Waals surface area contributed by atoms with Gasteiger partial charge in [0.05, 0.1) is 13.2 Å². The minimum Gasteiger partial charge on any atom is -0.360 e. The van der Waals surface area contributed by atoms with E-state index in [4.69, 9.17) is 9.47 Å². The normalized spacial score (nSPS) is 18.9. The number of nitrogens with zero attached hydrogens (tertiary/aromatic N) is 2. The van der Waals surface area contributed by atoms with Crippen LogP contribution in [0, 0.1) is 0 Å². The first-order valence-electron chi connectivity index (χ1n) is 5.56. The molecule has 6 heteroatoms. The summed E-state index contributed by atoms with van der Waals surface area (Å²) in [5, 5.41) is 4.11. The van der Waals surface area contributed by atoms with Crippen molar-refractivity contribution < 1.29 is 9.47 Å². The first-order valence-corrected chi connectivity index (χ1v) is 6.33. The maximum atomic E-state index is 5.51. The lowest BCUT2D eigenvalue weighted by Crippen LogP contribution is -2.28. The average molecular weight is 243 g/mol. The molecule has 1 aliphatic heterocycles. The van der Waals surface area contributed by atoms with E-state index in [9.17, 15) is 0 Å². The number of aryl methyl sites for hydroxylation is 1. The molecule has 0 unspecified atom stereocenters. The van der Waals surface area contributed by atoms with Gasteiger partial charge in [-0.15, -0.1) is 0 Å². The highest BCUT2D eigenvalue weighted by molar-refractivity contribution is 7.09. The van der Waals surface area contributed by atoms with E-state index >= 15 is 0 Å². The zero-order chi connectivity index (χ0) is 11.4. The monoisotopic (exact) mass is 243 g/mol. The number of rotatable bonds is 5. The molecule has 1 aromatic heterocycles. The highest BCUT2D eigenvalue weighted by Crippen LogP contribution is 2.22. The molecular formula is C10H17N3O2S. The molecule has 0 atom stereocenters. The van der Waals surface area contributed by atoms with Gasteiger partial charge < -0.3 is 14.8 Å². The molecule has 90 valence electrons. The fraction of sp³-hybridized carbons (Fsp3) is 0.800. The van der Waals surface area contributed by atoms with E-state index in [0.29, 0.717) is 13.2 Å². The molecule has 0 amide bonds. The molecule has 5 nitrogen and oxygen atoms in total. The Hall–Kier alpha value is -0.720. The van der Waals surface area contributed by atoms with Crippen molar-refractivity contribution in [2.45, 2.75) is 32.5 Å². The summed E-state index contributed by atoms with van der Waals surface area (Å²) in [6, 6.07) is 0. The van der Waals surface area contributed by atoms with Crippen LogP contribution < -0.4 is 5.32 Å². The molecule has 0 aromatic carbocycles. The Morgan fingerprint density at radius 3 is 2.81 bits per heavy atom. The first kappa shape index (κ1) is 11.8. The lowest BCUT2D eigenvalue weighted by atomic mass is 10.2. The summed E-state index contributed by atoms with van der Waals surface area (Å²) in [6.07, 6.45) is 1.69. The van der Waals surface area contributed by atoms with Crippen molar-refractivity contribution in [2.24, 2.45) is 0 Å². The standard InChI is InChI=1S/C10H17N3O2S/c1-3-8-12-9(16-13-8)11-5-4-10(2)14-6-7-15-10/h3-7H2,1-2H3,(H,11,12,13). The van der Waals surface area contributed by atoms with Crippen LogP contribution in [0.1, 0.15) is 26.1 Å². The van der Waals surface area contributed by atoms with Crippen LogP contribution in [0.2, 0.25) is 0 Å². The molecule has 2 heterocycles. The number of ether oxygens (including phenoxy) is 2. The quantitative estimate of drug-likeness (QED) is 0.852. The Morgan fingerprint density at radius 2 is 2.19 bits per heavy atom. The lowest BCUT2D eigenvalue weighted by Gasteiger charge is -2.21. The molecule has 1 aliphatic rings. The van der Waals surface area contributed by atoms with Crippen LogP contribution in [0.3, 0.4) is 0 Å². The second kappa shape index (κ2) is 5.07. The van der Waals surface area contributed by atoms with Gasteiger partial charge in [0.2, 0.25) is 5.13 Å². The van der Waals surface area contributed by atoms with Gasteiger partial charge in [-0.1, -0.05) is 6.92 Å². The topological polar surface area (TPSA) is 56.3 Å². The van der Waals surface area contributed by atoms with Crippen LogP contribution in [0.25, 0.3) is 0 Å². The van der Waals surface area contributed by atoms with E-state index in [1.807, 2.05) is 13.8 Å². The van der Waals surface area contributed by atoms with E-state index in [2.05, 4.69) is 14.7 Å². The lowest BCUT2D eigenvalue weighted by molar-refractivity contribution is -0.144. The molecule has 0 radical (unpaired) electrons. The van der Waals surface area contributed by atoms with E-state index < -0.39 is 5.79 Å². The van der Waals surface area contributed by atoms with Gasteiger partial charge in [0, 0.05) is 30.9 Å². The molecule has 1 aromatic rings. The van der Waals surface area contributed by atoms with Crippen LogP contribution >= 0.6 is 11.5 Å². The van der Waals surface area contributed by atoms with Gasteiger partial charge in [-0.05, 0) is 6.92 Å². The predicted octanol–water partition coefficient (Wildman–Crippen LogP) is 1.67. The van der Waals surface area contributed by atoms with Crippen molar-refractivity contribution in [1.82, 2.24) is 9.36 Å². The third-order valence-electron chi connectivity index (χ3n) is 2.54. The van der Waals surface area contributed by atoms with Crippen LogP contribution in [0.15, 0.2) is 0 Å². The van der Waals surface area contributed by atoms with E-state index in [1.165, 1.54) is 11.5 Å². The van der Waals surface area contributed by atoms with Crippen molar-refractivity contribution in [3.63, 3.8) is 0 Å². The number of aromatic nitrogens is 2. The van der Waals surface area contributed by atoms with Gasteiger partial charge in [-0.25, -0.2) is 4.98 Å². The van der Waals surface area contributed by atoms with Gasteiger partial charge in [-0.3, -0.25) is 0 Å². The van der Waals surface area contributed by atoms with Gasteiger partial charge in [-0.2, -0.15) is 4.37 Å².